The molecular weight excluding hydrogens is 452 g/mol. The molecule has 0 aliphatic rings. The van der Waals surface area contributed by atoms with Crippen molar-refractivity contribution in [3.8, 4) is 17.2 Å². The van der Waals surface area contributed by atoms with E-state index in [9.17, 15) is 9.59 Å². The van der Waals surface area contributed by atoms with Gasteiger partial charge in [-0.3, -0.25) is 20.4 Å². The van der Waals surface area contributed by atoms with Gasteiger partial charge in [0, 0.05) is 10.0 Å². The number of rotatable bonds is 10. The van der Waals surface area contributed by atoms with Crippen molar-refractivity contribution in [2.45, 2.75) is 32.6 Å². The summed E-state index contributed by atoms with van der Waals surface area (Å²) in [5.74, 6) is 0.428. The second-order valence-electron chi connectivity index (χ2n) is 6.53. The number of unbranched alkanes of at least 4 members (excludes halogenated alkanes) is 3. The topological polar surface area (TPSA) is 85.9 Å². The molecule has 2 N–H and O–H groups in total. The zero-order valence-electron chi connectivity index (χ0n) is 17.4. The maximum Gasteiger partial charge on any atom is 0.273 e. The smallest absolute Gasteiger partial charge is 0.273 e. The Bertz CT molecular complexity index is 873. The lowest BCUT2D eigenvalue weighted by atomic mass is 10.2. The molecule has 7 nitrogen and oxygen atoms in total. The van der Waals surface area contributed by atoms with E-state index in [1.165, 1.54) is 20.3 Å². The van der Waals surface area contributed by atoms with Crippen LogP contribution >= 0.6 is 15.9 Å². The lowest BCUT2D eigenvalue weighted by molar-refractivity contribution is 0.0844. The number of benzene rings is 2. The van der Waals surface area contributed by atoms with Gasteiger partial charge >= 0.3 is 0 Å². The fourth-order valence-corrected chi connectivity index (χ4v) is 3.11. The Morgan fingerprint density at radius 1 is 0.867 bits per heavy atom. The summed E-state index contributed by atoms with van der Waals surface area (Å²) in [4.78, 5) is 25.1. The quantitative estimate of drug-likeness (QED) is 0.387. The number of carbonyl (C=O) groups excluding carboxylic acids is 2. The fraction of sp³-hybridized carbons (Fsp3) is 0.364. The first kappa shape index (κ1) is 23.5. The number of hydrogen-bond acceptors (Lipinski definition) is 5. The molecule has 8 heteroatoms. The molecule has 0 unspecified atom stereocenters. The molecule has 162 valence electrons. The van der Waals surface area contributed by atoms with Crippen molar-refractivity contribution in [2.24, 2.45) is 0 Å². The van der Waals surface area contributed by atoms with Crippen molar-refractivity contribution in [2.75, 3.05) is 20.8 Å². The number of hydrogen-bond donors (Lipinski definition) is 2. The molecule has 0 aromatic heterocycles. The third-order valence-corrected chi connectivity index (χ3v) is 4.87. The van der Waals surface area contributed by atoms with Crippen LogP contribution in [-0.4, -0.2) is 32.6 Å². The van der Waals surface area contributed by atoms with Gasteiger partial charge in [-0.2, -0.15) is 0 Å². The summed E-state index contributed by atoms with van der Waals surface area (Å²) >= 11 is 3.36. The number of hydrazine groups is 1. The Morgan fingerprint density at radius 2 is 1.57 bits per heavy atom. The number of ether oxygens (including phenoxy) is 3. The molecule has 0 fully saturated rings. The Hall–Kier alpha value is -2.74. The Labute approximate surface area is 185 Å². The third kappa shape index (κ3) is 6.66. The maximum absolute atomic E-state index is 12.6. The largest absolute Gasteiger partial charge is 0.493 e. The molecule has 0 spiro atoms. The summed E-state index contributed by atoms with van der Waals surface area (Å²) in [5.41, 5.74) is 5.48. The summed E-state index contributed by atoms with van der Waals surface area (Å²) in [6, 6.07) is 9.92. The van der Waals surface area contributed by atoms with E-state index in [4.69, 9.17) is 14.2 Å². The summed E-state index contributed by atoms with van der Waals surface area (Å²) in [5, 5.41) is 0. The highest BCUT2D eigenvalue weighted by molar-refractivity contribution is 9.10. The first-order chi connectivity index (χ1) is 14.5. The van der Waals surface area contributed by atoms with E-state index in [1.54, 1.807) is 30.3 Å². The van der Waals surface area contributed by atoms with Crippen LogP contribution in [0.2, 0.25) is 0 Å². The highest BCUT2D eigenvalue weighted by Gasteiger charge is 2.16. The second kappa shape index (κ2) is 12.1. The third-order valence-electron chi connectivity index (χ3n) is 4.38. The molecule has 2 amide bonds. The molecular formula is C22H27BrN2O5. The van der Waals surface area contributed by atoms with E-state index < -0.39 is 11.8 Å². The van der Waals surface area contributed by atoms with Crippen LogP contribution in [0.3, 0.4) is 0 Å². The van der Waals surface area contributed by atoms with Gasteiger partial charge in [0.2, 0.25) is 0 Å². The molecule has 0 atom stereocenters. The summed E-state index contributed by atoms with van der Waals surface area (Å²) < 4.78 is 16.9. The molecule has 2 aromatic rings. The van der Waals surface area contributed by atoms with Gasteiger partial charge in [-0.1, -0.05) is 42.1 Å². The summed E-state index contributed by atoms with van der Waals surface area (Å²) in [7, 11) is 3.00. The lowest BCUT2D eigenvalue weighted by Crippen LogP contribution is -2.41. The molecule has 0 heterocycles. The van der Waals surface area contributed by atoms with E-state index >= 15 is 0 Å². The van der Waals surface area contributed by atoms with E-state index in [1.807, 2.05) is 0 Å². The highest BCUT2D eigenvalue weighted by Crippen LogP contribution is 2.27. The zero-order valence-corrected chi connectivity index (χ0v) is 19.0. The van der Waals surface area contributed by atoms with Crippen LogP contribution in [0, 0.1) is 0 Å². The number of methoxy groups -OCH3 is 2. The minimum Gasteiger partial charge on any atom is -0.493 e. The summed E-state index contributed by atoms with van der Waals surface area (Å²) in [6.07, 6.45) is 4.29. The van der Waals surface area contributed by atoms with Gasteiger partial charge in [-0.15, -0.1) is 0 Å². The van der Waals surface area contributed by atoms with E-state index in [0.717, 1.165) is 30.2 Å². The molecule has 0 saturated heterocycles. The monoisotopic (exact) mass is 478 g/mol. The number of nitrogens with one attached hydrogen (secondary N) is 2. The molecule has 2 aromatic carbocycles. The highest BCUT2D eigenvalue weighted by atomic mass is 79.9. The van der Waals surface area contributed by atoms with Crippen molar-refractivity contribution in [1.82, 2.24) is 10.9 Å². The average Bonchev–Trinajstić information content (AvgIpc) is 2.77. The van der Waals surface area contributed by atoms with Crippen LogP contribution in [-0.2, 0) is 0 Å². The van der Waals surface area contributed by atoms with E-state index in [0.29, 0.717) is 35.0 Å². The van der Waals surface area contributed by atoms with Crippen molar-refractivity contribution in [3.05, 3.63) is 52.0 Å². The minimum absolute atomic E-state index is 0.314. The Balaban J connectivity index is 2.01. The van der Waals surface area contributed by atoms with Crippen LogP contribution in [0.15, 0.2) is 40.9 Å². The lowest BCUT2D eigenvalue weighted by Gasteiger charge is -2.13. The molecule has 0 aliphatic heterocycles. The van der Waals surface area contributed by atoms with Crippen molar-refractivity contribution in [1.29, 1.82) is 0 Å². The zero-order chi connectivity index (χ0) is 21.9. The van der Waals surface area contributed by atoms with Gasteiger partial charge in [-0.25, -0.2) is 0 Å². The van der Waals surface area contributed by atoms with E-state index in [2.05, 4.69) is 33.7 Å². The van der Waals surface area contributed by atoms with Gasteiger partial charge in [0.25, 0.3) is 11.8 Å². The first-order valence-electron chi connectivity index (χ1n) is 9.75. The predicted octanol–water partition coefficient (Wildman–Crippen LogP) is 4.50. The van der Waals surface area contributed by atoms with Crippen molar-refractivity contribution < 1.29 is 23.8 Å². The molecule has 0 radical (unpaired) electrons. The predicted molar refractivity (Wildman–Crippen MR) is 118 cm³/mol. The van der Waals surface area contributed by atoms with Crippen LogP contribution < -0.4 is 25.1 Å². The molecule has 0 aliphatic carbocycles. The number of carbonyl (C=O) groups is 2. The minimum atomic E-state index is -0.485. The summed E-state index contributed by atoms with van der Waals surface area (Å²) in [6.45, 7) is 2.67. The molecule has 2 rings (SSSR count). The van der Waals surface area contributed by atoms with Gasteiger partial charge in [0.1, 0.15) is 5.75 Å². The number of halogens is 1. The van der Waals surface area contributed by atoms with Gasteiger partial charge in [0.05, 0.1) is 26.4 Å². The molecule has 0 saturated carbocycles. The maximum atomic E-state index is 12.6. The Morgan fingerprint density at radius 3 is 2.27 bits per heavy atom. The average molecular weight is 479 g/mol. The first-order valence-corrected chi connectivity index (χ1v) is 10.5. The number of amides is 2. The van der Waals surface area contributed by atoms with Crippen molar-refractivity contribution in [3.63, 3.8) is 0 Å². The molecule has 0 bridgehead atoms. The standard InChI is InChI=1S/C22H27BrN2O5/c1-4-5-6-7-12-30-18-11-9-16(23)14-17(18)22(27)25-24-21(26)15-8-10-19(28-2)20(13-15)29-3/h8-11,13-14H,4-7,12H2,1-3H3,(H,24,26)(H,25,27). The molecule has 30 heavy (non-hydrogen) atoms. The van der Waals surface area contributed by atoms with Crippen LogP contribution in [0.1, 0.15) is 53.3 Å². The van der Waals surface area contributed by atoms with Gasteiger partial charge in [0.15, 0.2) is 11.5 Å². The SMILES string of the molecule is CCCCCCOc1ccc(Br)cc1C(=O)NNC(=O)c1ccc(OC)c(OC)c1. The van der Waals surface area contributed by atoms with Crippen LogP contribution in [0.5, 0.6) is 17.2 Å². The van der Waals surface area contributed by atoms with Crippen LogP contribution in [0.4, 0.5) is 0 Å². The van der Waals surface area contributed by atoms with Crippen molar-refractivity contribution >= 4 is 27.7 Å². The normalized spacial score (nSPS) is 10.3. The Kier molecular flexibility index (Phi) is 9.47. The van der Waals surface area contributed by atoms with Gasteiger partial charge < -0.3 is 14.2 Å². The van der Waals surface area contributed by atoms with Gasteiger partial charge in [-0.05, 0) is 42.8 Å². The fourth-order valence-electron chi connectivity index (χ4n) is 2.75. The van der Waals surface area contributed by atoms with E-state index in [-0.39, 0.29) is 0 Å². The second-order valence-corrected chi connectivity index (χ2v) is 7.44. The van der Waals surface area contributed by atoms with Crippen LogP contribution in [0.25, 0.3) is 0 Å².